The Bertz CT molecular complexity index is 515. The van der Waals surface area contributed by atoms with Gasteiger partial charge in [-0.3, -0.25) is 4.79 Å². The first-order chi connectivity index (χ1) is 9.35. The highest BCUT2D eigenvalue weighted by Gasteiger charge is 2.40. The van der Waals surface area contributed by atoms with E-state index in [4.69, 9.17) is 0 Å². The minimum absolute atomic E-state index is 0.0518. The number of rotatable bonds is 4. The molecule has 0 heterocycles. The monoisotopic (exact) mass is 342 g/mol. The molecule has 0 N–H and O–H groups in total. The SMILES string of the molecule is CN(CC1(N(C)C)CCC1)C(=O)c1ccc(Br)cc1F. The van der Waals surface area contributed by atoms with Crippen molar-refractivity contribution in [3.8, 4) is 0 Å². The maximum Gasteiger partial charge on any atom is 0.256 e. The number of halogens is 2. The van der Waals surface area contributed by atoms with E-state index in [2.05, 4.69) is 20.8 Å². The first-order valence-corrected chi connectivity index (χ1v) is 7.53. The standard InChI is InChI=1S/C15H20BrFN2O/c1-18(2)15(7-4-8-15)10-19(3)14(20)12-6-5-11(16)9-13(12)17/h5-6,9H,4,7-8,10H2,1-3H3. The average molecular weight is 343 g/mol. The Kier molecular flexibility index (Phi) is 4.49. The van der Waals surface area contributed by atoms with E-state index in [1.165, 1.54) is 18.6 Å². The summed E-state index contributed by atoms with van der Waals surface area (Å²) in [7, 11) is 5.82. The zero-order chi connectivity index (χ0) is 14.9. The quantitative estimate of drug-likeness (QED) is 0.839. The van der Waals surface area contributed by atoms with Gasteiger partial charge in [0.05, 0.1) is 5.56 Å². The molecule has 1 aliphatic carbocycles. The summed E-state index contributed by atoms with van der Waals surface area (Å²) >= 11 is 3.20. The fraction of sp³-hybridized carbons (Fsp3) is 0.533. The molecular formula is C15H20BrFN2O. The molecule has 1 aromatic rings. The van der Waals surface area contributed by atoms with Crippen LogP contribution in [0, 0.1) is 5.82 Å². The Balaban J connectivity index is 2.12. The number of hydrogen-bond acceptors (Lipinski definition) is 2. The van der Waals surface area contributed by atoms with Crippen LogP contribution in [0.25, 0.3) is 0 Å². The minimum atomic E-state index is -0.483. The van der Waals surface area contributed by atoms with Gasteiger partial charge in [-0.25, -0.2) is 4.39 Å². The fourth-order valence-corrected chi connectivity index (χ4v) is 3.05. The van der Waals surface area contributed by atoms with Gasteiger partial charge in [-0.2, -0.15) is 0 Å². The lowest BCUT2D eigenvalue weighted by Crippen LogP contribution is -2.57. The third kappa shape index (κ3) is 2.88. The topological polar surface area (TPSA) is 23.6 Å². The summed E-state index contributed by atoms with van der Waals surface area (Å²) in [4.78, 5) is 16.2. The maximum absolute atomic E-state index is 13.9. The van der Waals surface area contributed by atoms with E-state index in [1.54, 1.807) is 18.0 Å². The normalized spacial score (nSPS) is 16.9. The Labute approximate surface area is 127 Å². The highest BCUT2D eigenvalue weighted by molar-refractivity contribution is 9.10. The van der Waals surface area contributed by atoms with Crippen molar-refractivity contribution in [3.63, 3.8) is 0 Å². The molecule has 1 saturated carbocycles. The number of benzene rings is 1. The van der Waals surface area contributed by atoms with E-state index in [-0.39, 0.29) is 17.0 Å². The van der Waals surface area contributed by atoms with Gasteiger partial charge in [0.25, 0.3) is 5.91 Å². The summed E-state index contributed by atoms with van der Waals surface area (Å²) in [5.41, 5.74) is 0.180. The molecule has 1 aliphatic rings. The average Bonchev–Trinajstić information content (AvgIpc) is 2.32. The fourth-order valence-electron chi connectivity index (χ4n) is 2.71. The van der Waals surface area contributed by atoms with E-state index in [1.807, 2.05) is 14.1 Å². The van der Waals surface area contributed by atoms with Gasteiger partial charge in [-0.05, 0) is 51.6 Å². The second-order valence-corrected chi connectivity index (χ2v) is 6.67. The van der Waals surface area contributed by atoms with Crippen molar-refractivity contribution < 1.29 is 9.18 Å². The molecule has 0 radical (unpaired) electrons. The molecule has 1 amide bonds. The molecule has 0 saturated heterocycles. The first-order valence-electron chi connectivity index (χ1n) is 6.74. The second kappa shape index (κ2) is 5.82. The van der Waals surface area contributed by atoms with Crippen LogP contribution in [0.4, 0.5) is 4.39 Å². The Morgan fingerprint density at radius 1 is 1.35 bits per heavy atom. The molecule has 110 valence electrons. The summed E-state index contributed by atoms with van der Waals surface area (Å²) in [5, 5.41) is 0. The molecule has 2 rings (SSSR count). The van der Waals surface area contributed by atoms with Crippen LogP contribution in [0.3, 0.4) is 0 Å². The predicted molar refractivity (Wildman–Crippen MR) is 81.3 cm³/mol. The molecule has 0 bridgehead atoms. The lowest BCUT2D eigenvalue weighted by Gasteiger charge is -2.49. The smallest absolute Gasteiger partial charge is 0.256 e. The third-order valence-corrected chi connectivity index (χ3v) is 4.77. The Morgan fingerprint density at radius 3 is 2.45 bits per heavy atom. The highest BCUT2D eigenvalue weighted by Crippen LogP contribution is 2.36. The molecule has 3 nitrogen and oxygen atoms in total. The van der Waals surface area contributed by atoms with Crippen molar-refractivity contribution in [2.45, 2.75) is 24.8 Å². The molecule has 1 fully saturated rings. The van der Waals surface area contributed by atoms with Crippen molar-refractivity contribution in [1.82, 2.24) is 9.80 Å². The van der Waals surface area contributed by atoms with Crippen LogP contribution in [-0.2, 0) is 0 Å². The molecule has 0 unspecified atom stereocenters. The zero-order valence-electron chi connectivity index (χ0n) is 12.1. The van der Waals surface area contributed by atoms with Gasteiger partial charge in [0.1, 0.15) is 5.82 Å². The van der Waals surface area contributed by atoms with E-state index in [9.17, 15) is 9.18 Å². The molecule has 0 spiro atoms. The van der Waals surface area contributed by atoms with Gasteiger partial charge in [0, 0.05) is 23.6 Å². The first kappa shape index (κ1) is 15.4. The Hall–Kier alpha value is -0.940. The molecule has 20 heavy (non-hydrogen) atoms. The van der Waals surface area contributed by atoms with E-state index < -0.39 is 5.82 Å². The molecule has 0 aliphatic heterocycles. The molecule has 1 aromatic carbocycles. The molecular weight excluding hydrogens is 323 g/mol. The van der Waals surface area contributed by atoms with Gasteiger partial charge in [0.15, 0.2) is 0 Å². The molecule has 5 heteroatoms. The number of amides is 1. The summed E-state index contributed by atoms with van der Waals surface area (Å²) in [6.45, 7) is 0.633. The number of hydrogen-bond donors (Lipinski definition) is 0. The van der Waals surface area contributed by atoms with E-state index >= 15 is 0 Å². The van der Waals surface area contributed by atoms with Crippen molar-refractivity contribution in [2.75, 3.05) is 27.7 Å². The van der Waals surface area contributed by atoms with Gasteiger partial charge >= 0.3 is 0 Å². The van der Waals surface area contributed by atoms with Crippen LogP contribution in [0.5, 0.6) is 0 Å². The second-order valence-electron chi connectivity index (χ2n) is 5.76. The van der Waals surface area contributed by atoms with Crippen molar-refractivity contribution in [2.24, 2.45) is 0 Å². The van der Waals surface area contributed by atoms with E-state index in [0.29, 0.717) is 11.0 Å². The van der Waals surface area contributed by atoms with Crippen molar-refractivity contribution in [1.29, 1.82) is 0 Å². The van der Waals surface area contributed by atoms with Crippen LogP contribution < -0.4 is 0 Å². The summed E-state index contributed by atoms with van der Waals surface area (Å²) < 4.78 is 14.5. The minimum Gasteiger partial charge on any atom is -0.340 e. The van der Waals surface area contributed by atoms with Crippen molar-refractivity contribution >= 4 is 21.8 Å². The lowest BCUT2D eigenvalue weighted by molar-refractivity contribution is 0.0250. The van der Waals surface area contributed by atoms with E-state index in [0.717, 1.165) is 12.8 Å². The highest BCUT2D eigenvalue weighted by atomic mass is 79.9. The number of carbonyl (C=O) groups excluding carboxylic acids is 1. The van der Waals surface area contributed by atoms with Gasteiger partial charge in [0.2, 0.25) is 0 Å². The van der Waals surface area contributed by atoms with Gasteiger partial charge in [-0.1, -0.05) is 15.9 Å². The third-order valence-electron chi connectivity index (χ3n) is 4.27. The summed E-state index contributed by atoms with van der Waals surface area (Å²) in [6.07, 6.45) is 3.35. The van der Waals surface area contributed by atoms with Crippen LogP contribution >= 0.6 is 15.9 Å². The zero-order valence-corrected chi connectivity index (χ0v) is 13.7. The van der Waals surface area contributed by atoms with Gasteiger partial charge < -0.3 is 9.80 Å². The largest absolute Gasteiger partial charge is 0.340 e. The Morgan fingerprint density at radius 2 is 2.00 bits per heavy atom. The van der Waals surface area contributed by atoms with Gasteiger partial charge in [-0.15, -0.1) is 0 Å². The summed E-state index contributed by atoms with van der Waals surface area (Å²) in [5.74, 6) is -0.744. The van der Waals surface area contributed by atoms with Crippen LogP contribution in [0.1, 0.15) is 29.6 Å². The molecule has 0 aromatic heterocycles. The lowest BCUT2D eigenvalue weighted by atomic mass is 9.75. The molecule has 0 atom stereocenters. The number of carbonyl (C=O) groups is 1. The predicted octanol–water partition coefficient (Wildman–Crippen LogP) is 3.14. The van der Waals surface area contributed by atoms with Crippen LogP contribution in [-0.4, -0.2) is 48.9 Å². The van der Waals surface area contributed by atoms with Crippen molar-refractivity contribution in [3.05, 3.63) is 34.1 Å². The van der Waals surface area contributed by atoms with Crippen LogP contribution in [0.15, 0.2) is 22.7 Å². The maximum atomic E-state index is 13.9. The number of nitrogens with zero attached hydrogens (tertiary/aromatic N) is 2. The summed E-state index contributed by atoms with van der Waals surface area (Å²) in [6, 6.07) is 4.54. The number of likely N-dealkylation sites (N-methyl/N-ethyl adjacent to an activating group) is 2. The van der Waals surface area contributed by atoms with Crippen LogP contribution in [0.2, 0.25) is 0 Å².